The first-order valence-corrected chi connectivity index (χ1v) is 5.29. The first-order chi connectivity index (χ1) is 7.22. The monoisotopic (exact) mass is 224 g/mol. The Bertz CT molecular complexity index is 423. The Labute approximate surface area is 90.0 Å². The quantitative estimate of drug-likeness (QED) is 0.570. The molecule has 0 saturated carbocycles. The van der Waals surface area contributed by atoms with Gasteiger partial charge in [0.05, 0.1) is 16.9 Å². The highest BCUT2D eigenvalue weighted by Crippen LogP contribution is 2.39. The van der Waals surface area contributed by atoms with Crippen molar-refractivity contribution >= 4 is 16.3 Å². The Morgan fingerprint density at radius 3 is 3.07 bits per heavy atom. The number of thiophene rings is 1. The van der Waals surface area contributed by atoms with Crippen LogP contribution in [0.5, 0.6) is 0 Å². The fraction of sp³-hybridized carbons (Fsp3) is 0.444. The third-order valence-electron chi connectivity index (χ3n) is 2.33. The van der Waals surface area contributed by atoms with Crippen molar-refractivity contribution in [2.24, 2.45) is 5.92 Å². The van der Waals surface area contributed by atoms with Gasteiger partial charge >= 0.3 is 5.00 Å². The molecule has 0 bridgehead atoms. The fourth-order valence-corrected chi connectivity index (χ4v) is 2.53. The molecular weight excluding hydrogens is 216 g/mol. The van der Waals surface area contributed by atoms with Crippen molar-refractivity contribution in [3.63, 3.8) is 0 Å². The number of hydrogen-bond donors (Lipinski definition) is 0. The maximum Gasteiger partial charge on any atom is 0.324 e. The predicted octanol–water partition coefficient (Wildman–Crippen LogP) is 2.26. The van der Waals surface area contributed by atoms with Crippen LogP contribution in [0.1, 0.15) is 17.4 Å². The number of ether oxygens (including phenoxy) is 1. The summed E-state index contributed by atoms with van der Waals surface area (Å²) in [5.74, 6) is -0.178. The lowest BCUT2D eigenvalue weighted by molar-refractivity contribution is -0.380. The third kappa shape index (κ3) is 1.84. The smallest absolute Gasteiger partial charge is 0.324 e. The van der Waals surface area contributed by atoms with E-state index in [-0.39, 0.29) is 17.0 Å². The summed E-state index contributed by atoms with van der Waals surface area (Å²) in [4.78, 5) is 10.8. The molecule has 1 aromatic rings. The Morgan fingerprint density at radius 2 is 2.47 bits per heavy atom. The number of nitro groups is 1. The molecule has 0 spiro atoms. The van der Waals surface area contributed by atoms with Gasteiger partial charge in [-0.15, -0.1) is 0 Å². The van der Waals surface area contributed by atoms with Crippen LogP contribution in [0.25, 0.3) is 0 Å². The summed E-state index contributed by atoms with van der Waals surface area (Å²) < 4.78 is 5.40. The molecular formula is C9H8N2O3S. The molecule has 78 valence electrons. The second-order valence-corrected chi connectivity index (χ2v) is 4.34. The minimum absolute atomic E-state index is 0.0946. The van der Waals surface area contributed by atoms with E-state index in [4.69, 9.17) is 10.00 Å². The highest BCUT2D eigenvalue weighted by atomic mass is 32.1. The summed E-state index contributed by atoms with van der Waals surface area (Å²) in [6.45, 7) is 0.550. The van der Waals surface area contributed by atoms with E-state index < -0.39 is 4.92 Å². The van der Waals surface area contributed by atoms with E-state index in [1.165, 1.54) is 6.07 Å². The molecule has 1 saturated heterocycles. The fourth-order valence-electron chi connectivity index (χ4n) is 1.60. The summed E-state index contributed by atoms with van der Waals surface area (Å²) in [6.07, 6.45) is 0.418. The largest absolute Gasteiger partial charge is 0.371 e. The molecule has 2 rings (SSSR count). The molecule has 0 radical (unpaired) electrons. The molecule has 0 amide bonds. The topological polar surface area (TPSA) is 76.2 Å². The van der Waals surface area contributed by atoms with E-state index in [0.29, 0.717) is 13.0 Å². The van der Waals surface area contributed by atoms with Crippen LogP contribution in [0.3, 0.4) is 0 Å². The van der Waals surface area contributed by atoms with E-state index in [1.807, 2.05) is 0 Å². The molecule has 2 unspecified atom stereocenters. The lowest BCUT2D eigenvalue weighted by Gasteiger charge is -2.08. The molecule has 0 aromatic carbocycles. The van der Waals surface area contributed by atoms with Crippen LogP contribution in [0.2, 0.25) is 0 Å². The molecule has 1 aliphatic heterocycles. The van der Waals surface area contributed by atoms with E-state index in [2.05, 4.69) is 6.07 Å². The Hall–Kier alpha value is -1.45. The molecule has 0 N–H and O–H groups in total. The molecule has 0 aliphatic carbocycles. The van der Waals surface area contributed by atoms with Crippen molar-refractivity contribution in [2.45, 2.75) is 12.5 Å². The third-order valence-corrected chi connectivity index (χ3v) is 3.43. The number of nitriles is 1. The lowest BCUT2D eigenvalue weighted by Crippen LogP contribution is -2.02. The van der Waals surface area contributed by atoms with E-state index in [9.17, 15) is 10.1 Å². The Kier molecular flexibility index (Phi) is 2.66. The molecule has 6 heteroatoms. The van der Waals surface area contributed by atoms with Gasteiger partial charge < -0.3 is 4.74 Å². The number of nitrogens with zero attached hydrogens (tertiary/aromatic N) is 2. The van der Waals surface area contributed by atoms with Crippen molar-refractivity contribution in [1.82, 2.24) is 0 Å². The van der Waals surface area contributed by atoms with Gasteiger partial charge in [0, 0.05) is 17.6 Å². The molecule has 2 heterocycles. The van der Waals surface area contributed by atoms with Gasteiger partial charge in [-0.3, -0.25) is 10.1 Å². The number of rotatable bonds is 2. The van der Waals surface area contributed by atoms with Crippen molar-refractivity contribution in [2.75, 3.05) is 6.61 Å². The molecule has 2 atom stereocenters. The minimum Gasteiger partial charge on any atom is -0.371 e. The van der Waals surface area contributed by atoms with Crippen LogP contribution in [0, 0.1) is 27.4 Å². The van der Waals surface area contributed by atoms with E-state index >= 15 is 0 Å². The average molecular weight is 224 g/mol. The second-order valence-electron chi connectivity index (χ2n) is 3.25. The first-order valence-electron chi connectivity index (χ1n) is 4.47. The second kappa shape index (κ2) is 3.96. The maximum absolute atomic E-state index is 10.5. The van der Waals surface area contributed by atoms with Gasteiger partial charge in [0.25, 0.3) is 0 Å². The van der Waals surface area contributed by atoms with Gasteiger partial charge in [-0.25, -0.2) is 0 Å². The van der Waals surface area contributed by atoms with Gasteiger partial charge in [0.1, 0.15) is 6.10 Å². The highest BCUT2D eigenvalue weighted by molar-refractivity contribution is 7.15. The Balaban J connectivity index is 2.22. The van der Waals surface area contributed by atoms with Crippen LogP contribution < -0.4 is 0 Å². The van der Waals surface area contributed by atoms with Crippen LogP contribution in [-0.2, 0) is 4.74 Å². The van der Waals surface area contributed by atoms with Crippen LogP contribution in [0.4, 0.5) is 5.00 Å². The van der Waals surface area contributed by atoms with Crippen LogP contribution in [0.15, 0.2) is 12.1 Å². The molecule has 5 nitrogen and oxygen atoms in total. The van der Waals surface area contributed by atoms with Gasteiger partial charge in [-0.1, -0.05) is 11.3 Å². The van der Waals surface area contributed by atoms with Crippen LogP contribution >= 0.6 is 11.3 Å². The van der Waals surface area contributed by atoms with Crippen LogP contribution in [-0.4, -0.2) is 11.5 Å². The lowest BCUT2D eigenvalue weighted by atomic mass is 10.0. The molecule has 1 aliphatic rings. The zero-order valence-corrected chi connectivity index (χ0v) is 8.57. The van der Waals surface area contributed by atoms with Crippen molar-refractivity contribution in [3.05, 3.63) is 27.1 Å². The summed E-state index contributed by atoms with van der Waals surface area (Å²) in [5, 5.41) is 19.4. The standard InChI is InChI=1S/C9H8N2O3S/c10-5-6-3-4-14-9(6)7-1-2-8(15-7)11(12)13/h1-2,6,9H,3-4H2. The summed E-state index contributed by atoms with van der Waals surface area (Å²) in [7, 11) is 0. The molecule has 1 aromatic heterocycles. The molecule has 1 fully saturated rings. The van der Waals surface area contributed by atoms with Gasteiger partial charge in [0.15, 0.2) is 0 Å². The number of hydrogen-bond acceptors (Lipinski definition) is 5. The van der Waals surface area contributed by atoms with Crippen molar-refractivity contribution < 1.29 is 9.66 Å². The van der Waals surface area contributed by atoms with E-state index in [0.717, 1.165) is 16.2 Å². The summed E-state index contributed by atoms with van der Waals surface area (Å²) in [5.41, 5.74) is 0. The summed E-state index contributed by atoms with van der Waals surface area (Å²) in [6, 6.07) is 5.29. The van der Waals surface area contributed by atoms with Crippen molar-refractivity contribution in [1.29, 1.82) is 5.26 Å². The minimum atomic E-state index is -0.426. The summed E-state index contributed by atoms with van der Waals surface area (Å²) >= 11 is 1.08. The average Bonchev–Trinajstić information content (AvgIpc) is 2.85. The zero-order chi connectivity index (χ0) is 10.8. The van der Waals surface area contributed by atoms with E-state index in [1.54, 1.807) is 6.07 Å². The van der Waals surface area contributed by atoms with Gasteiger partial charge in [-0.2, -0.15) is 5.26 Å². The zero-order valence-electron chi connectivity index (χ0n) is 7.75. The highest BCUT2D eigenvalue weighted by Gasteiger charge is 2.31. The normalized spacial score (nSPS) is 25.0. The maximum atomic E-state index is 10.5. The van der Waals surface area contributed by atoms with Gasteiger partial charge in [0.2, 0.25) is 0 Å². The molecule has 15 heavy (non-hydrogen) atoms. The Morgan fingerprint density at radius 1 is 1.67 bits per heavy atom. The van der Waals surface area contributed by atoms with Crippen molar-refractivity contribution in [3.8, 4) is 6.07 Å². The predicted molar refractivity (Wildman–Crippen MR) is 53.4 cm³/mol. The SMILES string of the molecule is N#CC1CCOC1c1ccc([N+](=O)[O-])s1. The van der Waals surface area contributed by atoms with Gasteiger partial charge in [-0.05, 0) is 12.5 Å². The first kappa shape index (κ1) is 10.1.